The Morgan fingerprint density at radius 2 is 2.00 bits per heavy atom. The fourth-order valence-corrected chi connectivity index (χ4v) is 1.85. The van der Waals surface area contributed by atoms with Gasteiger partial charge in [-0.3, -0.25) is 0 Å². The van der Waals surface area contributed by atoms with Crippen LogP contribution < -0.4 is 0 Å². The van der Waals surface area contributed by atoms with Gasteiger partial charge >= 0.3 is 5.97 Å². The van der Waals surface area contributed by atoms with Crippen LogP contribution in [0.15, 0.2) is 24.3 Å². The summed E-state index contributed by atoms with van der Waals surface area (Å²) in [6.07, 6.45) is 0.0975. The van der Waals surface area contributed by atoms with Gasteiger partial charge in [-0.15, -0.1) is 0 Å². The van der Waals surface area contributed by atoms with Crippen molar-refractivity contribution in [3.05, 3.63) is 35.4 Å². The average molecular weight is 206 g/mol. The highest BCUT2D eigenvalue weighted by atomic mass is 16.5. The maximum absolute atomic E-state index is 10.7. The fourth-order valence-electron chi connectivity index (χ4n) is 1.85. The summed E-state index contributed by atoms with van der Waals surface area (Å²) in [7, 11) is 0. The Kier molecular flexibility index (Phi) is 2.27. The third-order valence-electron chi connectivity index (χ3n) is 2.79. The van der Waals surface area contributed by atoms with Gasteiger partial charge in [-0.2, -0.15) is 0 Å². The molecule has 1 unspecified atom stereocenters. The molecule has 1 fully saturated rings. The number of carbonyl (C=O) groups is 1. The number of hydrogen-bond acceptors (Lipinski definition) is 2. The van der Waals surface area contributed by atoms with E-state index in [9.17, 15) is 4.79 Å². The lowest BCUT2D eigenvalue weighted by Crippen LogP contribution is -2.40. The van der Waals surface area contributed by atoms with Crippen LogP contribution in [0.4, 0.5) is 0 Å². The van der Waals surface area contributed by atoms with Gasteiger partial charge < -0.3 is 9.84 Å². The fraction of sp³-hybridized carbons (Fsp3) is 0.417. The summed E-state index contributed by atoms with van der Waals surface area (Å²) < 4.78 is 5.48. The topological polar surface area (TPSA) is 46.5 Å². The Bertz CT molecular complexity index is 378. The van der Waals surface area contributed by atoms with Gasteiger partial charge in [-0.1, -0.05) is 26.0 Å². The average Bonchev–Trinajstić information content (AvgIpc) is 2.17. The number of carboxylic acid groups (broad SMARTS) is 1. The van der Waals surface area contributed by atoms with Gasteiger partial charge in [0.05, 0.1) is 18.3 Å². The van der Waals surface area contributed by atoms with Crippen molar-refractivity contribution in [2.24, 2.45) is 5.41 Å². The van der Waals surface area contributed by atoms with E-state index in [0.717, 1.165) is 12.2 Å². The molecule has 1 atom stereocenters. The molecule has 1 heterocycles. The van der Waals surface area contributed by atoms with Crippen molar-refractivity contribution in [3.63, 3.8) is 0 Å². The van der Waals surface area contributed by atoms with Crippen LogP contribution in [-0.4, -0.2) is 17.7 Å². The van der Waals surface area contributed by atoms with Crippen molar-refractivity contribution < 1.29 is 14.6 Å². The summed E-state index contributed by atoms with van der Waals surface area (Å²) in [6.45, 7) is 5.05. The van der Waals surface area contributed by atoms with Gasteiger partial charge in [0.25, 0.3) is 0 Å². The smallest absolute Gasteiger partial charge is 0.335 e. The monoisotopic (exact) mass is 206 g/mol. The standard InChI is InChI=1S/C12H14O3/c1-12(2)7-15-10(12)8-3-5-9(6-4-8)11(13)14/h3-6,10H,7H2,1-2H3,(H,13,14). The van der Waals surface area contributed by atoms with Crippen LogP contribution in [0.3, 0.4) is 0 Å². The Morgan fingerprint density at radius 3 is 2.33 bits per heavy atom. The molecule has 3 nitrogen and oxygen atoms in total. The van der Waals surface area contributed by atoms with E-state index in [1.807, 2.05) is 12.1 Å². The zero-order chi connectivity index (χ0) is 11.1. The van der Waals surface area contributed by atoms with Crippen LogP contribution in [0, 0.1) is 5.41 Å². The van der Waals surface area contributed by atoms with E-state index < -0.39 is 5.97 Å². The van der Waals surface area contributed by atoms with E-state index in [1.165, 1.54) is 0 Å². The molecule has 1 aromatic rings. The van der Waals surface area contributed by atoms with Crippen LogP contribution in [-0.2, 0) is 4.74 Å². The predicted molar refractivity (Wildman–Crippen MR) is 55.9 cm³/mol. The van der Waals surface area contributed by atoms with Gasteiger partial charge in [0, 0.05) is 5.41 Å². The minimum atomic E-state index is -0.893. The third kappa shape index (κ3) is 1.75. The molecule has 0 radical (unpaired) electrons. The van der Waals surface area contributed by atoms with E-state index in [-0.39, 0.29) is 11.5 Å². The van der Waals surface area contributed by atoms with E-state index in [2.05, 4.69) is 13.8 Å². The summed E-state index contributed by atoms with van der Waals surface area (Å²) in [5.41, 5.74) is 1.53. The predicted octanol–water partition coefficient (Wildman–Crippen LogP) is 2.48. The lowest BCUT2D eigenvalue weighted by atomic mass is 9.79. The van der Waals surface area contributed by atoms with Crippen LogP contribution in [0.2, 0.25) is 0 Å². The second-order valence-corrected chi connectivity index (χ2v) is 4.61. The summed E-state index contributed by atoms with van der Waals surface area (Å²) in [5.74, 6) is -0.893. The largest absolute Gasteiger partial charge is 0.478 e. The zero-order valence-electron chi connectivity index (χ0n) is 8.86. The molecule has 1 N–H and O–H groups in total. The van der Waals surface area contributed by atoms with E-state index in [1.54, 1.807) is 12.1 Å². The molecule has 1 saturated heterocycles. The molecule has 1 aliphatic rings. The Morgan fingerprint density at radius 1 is 1.40 bits per heavy atom. The SMILES string of the molecule is CC1(C)COC1c1ccc(C(=O)O)cc1. The zero-order valence-corrected chi connectivity index (χ0v) is 8.86. The van der Waals surface area contributed by atoms with Gasteiger partial charge in [0.15, 0.2) is 0 Å². The Labute approximate surface area is 88.7 Å². The lowest BCUT2D eigenvalue weighted by Gasteiger charge is -2.44. The van der Waals surface area contributed by atoms with Crippen LogP contribution in [0.1, 0.15) is 35.9 Å². The molecule has 1 aliphatic heterocycles. The maximum atomic E-state index is 10.7. The van der Waals surface area contributed by atoms with E-state index in [4.69, 9.17) is 9.84 Å². The molecule has 2 rings (SSSR count). The molecule has 0 amide bonds. The third-order valence-corrected chi connectivity index (χ3v) is 2.79. The Hall–Kier alpha value is -1.35. The molecule has 0 aromatic heterocycles. The van der Waals surface area contributed by atoms with E-state index in [0.29, 0.717) is 5.56 Å². The Balaban J connectivity index is 2.21. The highest BCUT2D eigenvalue weighted by Gasteiger charge is 2.40. The number of ether oxygens (including phenoxy) is 1. The molecule has 15 heavy (non-hydrogen) atoms. The molecular formula is C12H14O3. The van der Waals surface area contributed by atoms with E-state index >= 15 is 0 Å². The minimum Gasteiger partial charge on any atom is -0.478 e. The van der Waals surface area contributed by atoms with Crippen molar-refractivity contribution >= 4 is 5.97 Å². The van der Waals surface area contributed by atoms with Crippen molar-refractivity contribution in [3.8, 4) is 0 Å². The molecule has 3 heteroatoms. The maximum Gasteiger partial charge on any atom is 0.335 e. The van der Waals surface area contributed by atoms with Gasteiger partial charge in [-0.05, 0) is 17.7 Å². The van der Waals surface area contributed by atoms with Crippen molar-refractivity contribution in [2.45, 2.75) is 20.0 Å². The number of rotatable bonds is 2. The molecule has 0 bridgehead atoms. The number of carboxylic acids is 1. The highest BCUT2D eigenvalue weighted by molar-refractivity contribution is 5.87. The molecular weight excluding hydrogens is 192 g/mol. The first-order valence-corrected chi connectivity index (χ1v) is 4.95. The second kappa shape index (κ2) is 3.35. The summed E-state index contributed by atoms with van der Waals surface area (Å²) in [4.78, 5) is 10.7. The first-order chi connectivity index (χ1) is 7.00. The van der Waals surface area contributed by atoms with Crippen LogP contribution >= 0.6 is 0 Å². The second-order valence-electron chi connectivity index (χ2n) is 4.61. The van der Waals surface area contributed by atoms with Crippen molar-refractivity contribution in [1.29, 1.82) is 0 Å². The summed E-state index contributed by atoms with van der Waals surface area (Å²) in [5, 5.41) is 8.76. The molecule has 1 aromatic carbocycles. The van der Waals surface area contributed by atoms with Crippen molar-refractivity contribution in [1.82, 2.24) is 0 Å². The molecule has 0 saturated carbocycles. The summed E-state index contributed by atoms with van der Waals surface area (Å²) in [6, 6.07) is 6.90. The highest BCUT2D eigenvalue weighted by Crippen LogP contribution is 2.45. The molecule has 80 valence electrons. The summed E-state index contributed by atoms with van der Waals surface area (Å²) >= 11 is 0. The number of benzene rings is 1. The van der Waals surface area contributed by atoms with Crippen LogP contribution in [0.5, 0.6) is 0 Å². The van der Waals surface area contributed by atoms with Gasteiger partial charge in [0.2, 0.25) is 0 Å². The van der Waals surface area contributed by atoms with Crippen molar-refractivity contribution in [2.75, 3.05) is 6.61 Å². The van der Waals surface area contributed by atoms with Crippen LogP contribution in [0.25, 0.3) is 0 Å². The first kappa shape index (κ1) is 10.2. The van der Waals surface area contributed by atoms with Gasteiger partial charge in [0.1, 0.15) is 0 Å². The number of aromatic carboxylic acids is 1. The van der Waals surface area contributed by atoms with Gasteiger partial charge in [-0.25, -0.2) is 4.79 Å². The minimum absolute atomic E-state index is 0.0975. The quantitative estimate of drug-likeness (QED) is 0.808. The number of hydrogen-bond donors (Lipinski definition) is 1. The first-order valence-electron chi connectivity index (χ1n) is 4.95. The molecule has 0 aliphatic carbocycles. The lowest BCUT2D eigenvalue weighted by molar-refractivity contribution is -0.172. The molecule has 0 spiro atoms. The normalized spacial score (nSPS) is 23.2.